The van der Waals surface area contributed by atoms with Gasteiger partial charge < -0.3 is 21.7 Å². The van der Waals surface area contributed by atoms with Gasteiger partial charge in [-0.15, -0.1) is 0 Å². The van der Waals surface area contributed by atoms with Crippen LogP contribution in [0.15, 0.2) is 30.3 Å². The van der Waals surface area contributed by atoms with Crippen LogP contribution in [0.1, 0.15) is 25.3 Å². The van der Waals surface area contributed by atoms with Crippen LogP contribution in [0.3, 0.4) is 0 Å². The highest BCUT2D eigenvalue weighted by Gasteiger charge is 2.35. The first-order chi connectivity index (χ1) is 13.3. The van der Waals surface area contributed by atoms with Gasteiger partial charge >= 0.3 is 0 Å². The number of nitriles is 1. The zero-order valence-corrected chi connectivity index (χ0v) is 15.5. The second-order valence-electron chi connectivity index (χ2n) is 6.80. The summed E-state index contributed by atoms with van der Waals surface area (Å²) in [5.41, 5.74) is 6.18. The number of nitrogens with zero attached hydrogens (tertiary/aromatic N) is 1. The fourth-order valence-electron chi connectivity index (χ4n) is 2.99. The Kier molecular flexibility index (Phi) is 7.09. The molecule has 4 amide bonds. The van der Waals surface area contributed by atoms with Gasteiger partial charge in [-0.25, -0.2) is 0 Å². The normalized spacial score (nSPS) is 20.9. The molecule has 0 aliphatic carbocycles. The van der Waals surface area contributed by atoms with E-state index < -0.39 is 41.8 Å². The number of hydrogen-bond acceptors (Lipinski definition) is 5. The number of carbonyl (C=O) groups is 4. The van der Waals surface area contributed by atoms with Gasteiger partial charge in [-0.2, -0.15) is 5.26 Å². The Labute approximate surface area is 162 Å². The molecule has 0 radical (unpaired) electrons. The first-order valence-electron chi connectivity index (χ1n) is 8.92. The number of nitrogens with one attached hydrogen (secondary N) is 3. The summed E-state index contributed by atoms with van der Waals surface area (Å²) in [5.74, 6) is -2.72. The number of primary amides is 1. The molecule has 1 aliphatic rings. The smallest absolute Gasteiger partial charge is 0.243 e. The van der Waals surface area contributed by atoms with Crippen LogP contribution in [-0.2, 0) is 25.6 Å². The van der Waals surface area contributed by atoms with Crippen LogP contribution in [0.4, 0.5) is 0 Å². The maximum atomic E-state index is 12.3. The maximum Gasteiger partial charge on any atom is 0.243 e. The summed E-state index contributed by atoms with van der Waals surface area (Å²) in [6.45, 7) is 1.61. The number of nitrogens with two attached hydrogens (primary N) is 1. The quantitative estimate of drug-likeness (QED) is 0.458. The maximum absolute atomic E-state index is 12.3. The van der Waals surface area contributed by atoms with Crippen molar-refractivity contribution in [3.63, 3.8) is 0 Å². The zero-order valence-electron chi connectivity index (χ0n) is 15.5. The fraction of sp³-hybridized carbons (Fsp3) is 0.421. The van der Waals surface area contributed by atoms with Gasteiger partial charge in [0.2, 0.25) is 23.6 Å². The van der Waals surface area contributed by atoms with E-state index in [0.29, 0.717) is 6.42 Å². The van der Waals surface area contributed by atoms with Gasteiger partial charge in [0, 0.05) is 12.8 Å². The van der Waals surface area contributed by atoms with E-state index in [9.17, 15) is 19.2 Å². The van der Waals surface area contributed by atoms with E-state index in [1.165, 1.54) is 0 Å². The van der Waals surface area contributed by atoms with Crippen molar-refractivity contribution >= 4 is 23.6 Å². The van der Waals surface area contributed by atoms with Crippen LogP contribution < -0.4 is 21.7 Å². The minimum Gasteiger partial charge on any atom is -0.368 e. The zero-order chi connectivity index (χ0) is 20.7. The van der Waals surface area contributed by atoms with Gasteiger partial charge in [-0.05, 0) is 11.5 Å². The molecule has 0 saturated carbocycles. The molecule has 148 valence electrons. The first-order valence-corrected chi connectivity index (χ1v) is 8.92. The van der Waals surface area contributed by atoms with Crippen molar-refractivity contribution in [3.8, 4) is 6.07 Å². The highest BCUT2D eigenvalue weighted by atomic mass is 16.2. The molecule has 9 heteroatoms. The van der Waals surface area contributed by atoms with Crippen LogP contribution in [0.2, 0.25) is 0 Å². The summed E-state index contributed by atoms with van der Waals surface area (Å²) in [6.07, 6.45) is 0.0428. The molecule has 0 bridgehead atoms. The molecule has 0 unspecified atom stereocenters. The Morgan fingerprint density at radius 3 is 2.39 bits per heavy atom. The third-order valence-electron chi connectivity index (χ3n) is 4.54. The summed E-state index contributed by atoms with van der Waals surface area (Å²) in [7, 11) is 0. The Morgan fingerprint density at radius 2 is 1.79 bits per heavy atom. The van der Waals surface area contributed by atoms with Crippen molar-refractivity contribution in [2.75, 3.05) is 0 Å². The molecular weight excluding hydrogens is 362 g/mol. The van der Waals surface area contributed by atoms with E-state index in [0.717, 1.165) is 5.56 Å². The molecule has 1 aliphatic heterocycles. The Balaban J connectivity index is 1.93. The van der Waals surface area contributed by atoms with Gasteiger partial charge in [-0.3, -0.25) is 19.2 Å². The molecule has 1 aromatic carbocycles. The molecule has 1 fully saturated rings. The topological polar surface area (TPSA) is 154 Å². The van der Waals surface area contributed by atoms with Crippen molar-refractivity contribution in [3.05, 3.63) is 35.9 Å². The summed E-state index contributed by atoms with van der Waals surface area (Å²) < 4.78 is 0. The minimum absolute atomic E-state index is 0.0374. The van der Waals surface area contributed by atoms with Crippen LogP contribution in [0, 0.1) is 17.2 Å². The number of amides is 4. The fourth-order valence-corrected chi connectivity index (χ4v) is 2.99. The van der Waals surface area contributed by atoms with Crippen LogP contribution in [-0.4, -0.2) is 41.8 Å². The van der Waals surface area contributed by atoms with E-state index in [-0.39, 0.29) is 18.7 Å². The second-order valence-corrected chi connectivity index (χ2v) is 6.80. The Morgan fingerprint density at radius 1 is 1.18 bits per heavy atom. The predicted octanol–water partition coefficient (Wildman–Crippen LogP) is -0.878. The Hall–Kier alpha value is -3.41. The van der Waals surface area contributed by atoms with E-state index in [1.54, 1.807) is 6.92 Å². The summed E-state index contributed by atoms with van der Waals surface area (Å²) >= 11 is 0. The van der Waals surface area contributed by atoms with Crippen LogP contribution in [0.25, 0.3) is 0 Å². The average Bonchev–Trinajstić information content (AvgIpc) is 2.64. The van der Waals surface area contributed by atoms with E-state index in [4.69, 9.17) is 11.0 Å². The summed E-state index contributed by atoms with van der Waals surface area (Å²) in [5, 5.41) is 16.3. The number of carbonyl (C=O) groups excluding carboxylic acids is 4. The van der Waals surface area contributed by atoms with Gasteiger partial charge in [0.1, 0.15) is 18.1 Å². The van der Waals surface area contributed by atoms with E-state index in [1.807, 2.05) is 36.4 Å². The van der Waals surface area contributed by atoms with Gasteiger partial charge in [0.25, 0.3) is 0 Å². The standard InChI is InChI=1S/C19H23N5O4/c1-11(7-8-20)16(17(21)26)24-15(25)10-14-19(28)22-13(18(27)23-14)9-12-5-3-2-4-6-12/h2-6,11,13-14,16H,7,9-10H2,1H3,(H2,21,26)(H,22,28)(H,23,27)(H,24,25)/t11-,13-,14-,16+/m0/s1. The summed E-state index contributed by atoms with van der Waals surface area (Å²) in [4.78, 5) is 48.3. The average molecular weight is 385 g/mol. The molecule has 9 nitrogen and oxygen atoms in total. The molecule has 1 aromatic rings. The minimum atomic E-state index is -1.04. The monoisotopic (exact) mass is 385 g/mol. The van der Waals surface area contributed by atoms with Crippen LogP contribution >= 0.6 is 0 Å². The lowest BCUT2D eigenvalue weighted by atomic mass is 9.97. The van der Waals surface area contributed by atoms with Gasteiger partial charge in [-0.1, -0.05) is 37.3 Å². The number of hydrogen-bond donors (Lipinski definition) is 4. The summed E-state index contributed by atoms with van der Waals surface area (Å²) in [6, 6.07) is 8.37. The first kappa shape index (κ1) is 20.9. The SMILES string of the molecule is C[C@@H](CC#N)[C@@H](NC(=O)C[C@@H]1NC(=O)[C@H](Cc2ccccc2)NC1=O)C(N)=O. The third-order valence-corrected chi connectivity index (χ3v) is 4.54. The van der Waals surface area contributed by atoms with E-state index >= 15 is 0 Å². The molecule has 5 N–H and O–H groups in total. The lowest BCUT2D eigenvalue weighted by Crippen LogP contribution is -2.63. The predicted molar refractivity (Wildman–Crippen MR) is 99.1 cm³/mol. The van der Waals surface area contributed by atoms with Crippen LogP contribution in [0.5, 0.6) is 0 Å². The van der Waals surface area contributed by atoms with Crippen molar-refractivity contribution in [2.45, 2.75) is 44.3 Å². The largest absolute Gasteiger partial charge is 0.368 e. The molecule has 0 spiro atoms. The van der Waals surface area contributed by atoms with E-state index in [2.05, 4.69) is 16.0 Å². The number of benzene rings is 1. The third kappa shape index (κ3) is 5.54. The Bertz CT molecular complexity index is 789. The highest BCUT2D eigenvalue weighted by molar-refractivity contribution is 5.99. The van der Waals surface area contributed by atoms with Crippen molar-refractivity contribution in [1.82, 2.24) is 16.0 Å². The second kappa shape index (κ2) is 9.50. The lowest BCUT2D eigenvalue weighted by molar-refractivity contribution is -0.138. The number of rotatable bonds is 8. The number of piperazine rings is 1. The molecule has 1 heterocycles. The molecule has 2 rings (SSSR count). The molecular formula is C19H23N5O4. The molecule has 4 atom stereocenters. The van der Waals surface area contributed by atoms with Crippen molar-refractivity contribution in [2.24, 2.45) is 11.7 Å². The van der Waals surface area contributed by atoms with Crippen molar-refractivity contribution < 1.29 is 19.2 Å². The molecule has 1 saturated heterocycles. The lowest BCUT2D eigenvalue weighted by Gasteiger charge is -2.30. The van der Waals surface area contributed by atoms with Gasteiger partial charge in [0.15, 0.2) is 0 Å². The molecule has 28 heavy (non-hydrogen) atoms. The highest BCUT2D eigenvalue weighted by Crippen LogP contribution is 2.10. The van der Waals surface area contributed by atoms with Gasteiger partial charge in [0.05, 0.1) is 12.5 Å². The molecule has 0 aromatic heterocycles. The van der Waals surface area contributed by atoms with Crippen molar-refractivity contribution in [1.29, 1.82) is 5.26 Å².